The number of rotatable bonds is 7. The van der Waals surface area contributed by atoms with Gasteiger partial charge in [-0.05, 0) is 61.6 Å². The molecule has 0 radical (unpaired) electrons. The second-order valence-corrected chi connectivity index (χ2v) is 10.2. The van der Waals surface area contributed by atoms with Crippen molar-refractivity contribution < 1.29 is 9.59 Å². The van der Waals surface area contributed by atoms with E-state index < -0.39 is 0 Å². The van der Waals surface area contributed by atoms with Crippen molar-refractivity contribution >= 4 is 33.4 Å². The van der Waals surface area contributed by atoms with Gasteiger partial charge in [0.2, 0.25) is 5.91 Å². The lowest BCUT2D eigenvalue weighted by Gasteiger charge is -2.45. The largest absolute Gasteiger partial charge is 0.360 e. The predicted molar refractivity (Wildman–Crippen MR) is 136 cm³/mol. The Morgan fingerprint density at radius 3 is 2.79 bits per heavy atom. The summed E-state index contributed by atoms with van der Waals surface area (Å²) in [7, 11) is 0. The molecule has 1 aromatic carbocycles. The SMILES string of the molecule is C#CCN(CC1CC2C(=O)NC(C)NC2CC1Br)c1ccc(C(=O)NCc2cccnc2)cc1. The molecule has 2 fully saturated rings. The number of benzene rings is 1. The van der Waals surface area contributed by atoms with E-state index in [1.165, 1.54) is 0 Å². The van der Waals surface area contributed by atoms with Gasteiger partial charge in [-0.3, -0.25) is 19.9 Å². The molecule has 178 valence electrons. The lowest BCUT2D eigenvalue weighted by atomic mass is 9.76. The maximum atomic E-state index is 12.6. The summed E-state index contributed by atoms with van der Waals surface area (Å²) in [5.41, 5.74) is 2.50. The normalized spacial score (nSPS) is 26.0. The van der Waals surface area contributed by atoms with Gasteiger partial charge in [0.1, 0.15) is 0 Å². The number of halogens is 1. The van der Waals surface area contributed by atoms with Crippen LogP contribution in [0.4, 0.5) is 5.69 Å². The number of aromatic nitrogens is 1. The van der Waals surface area contributed by atoms with E-state index in [4.69, 9.17) is 6.42 Å². The van der Waals surface area contributed by atoms with E-state index in [1.54, 1.807) is 12.4 Å². The molecule has 1 aliphatic heterocycles. The molecule has 1 aromatic heterocycles. The molecule has 7 nitrogen and oxygen atoms in total. The zero-order chi connectivity index (χ0) is 24.1. The summed E-state index contributed by atoms with van der Waals surface area (Å²) < 4.78 is 0. The molecule has 0 bridgehead atoms. The van der Waals surface area contributed by atoms with E-state index in [0.29, 0.717) is 18.7 Å². The second-order valence-electron chi connectivity index (χ2n) is 9.03. The molecule has 4 rings (SSSR count). The minimum Gasteiger partial charge on any atom is -0.360 e. The van der Waals surface area contributed by atoms with Crippen LogP contribution in [0, 0.1) is 24.2 Å². The van der Waals surface area contributed by atoms with Crippen LogP contribution in [0.15, 0.2) is 48.8 Å². The molecule has 3 N–H and O–H groups in total. The molecule has 2 aromatic rings. The summed E-state index contributed by atoms with van der Waals surface area (Å²) in [6, 6.07) is 11.5. The van der Waals surface area contributed by atoms with Crippen molar-refractivity contribution in [2.45, 2.75) is 43.3 Å². The number of alkyl halides is 1. The molecule has 34 heavy (non-hydrogen) atoms. The van der Waals surface area contributed by atoms with Crippen molar-refractivity contribution in [3.8, 4) is 12.3 Å². The zero-order valence-corrected chi connectivity index (χ0v) is 20.8. The highest BCUT2D eigenvalue weighted by Crippen LogP contribution is 2.37. The Bertz CT molecular complexity index is 1040. The van der Waals surface area contributed by atoms with Gasteiger partial charge in [0.15, 0.2) is 0 Å². The highest BCUT2D eigenvalue weighted by atomic mass is 79.9. The fourth-order valence-corrected chi connectivity index (χ4v) is 5.63. The number of nitrogens with one attached hydrogen (secondary N) is 3. The number of terminal acetylenes is 1. The lowest BCUT2D eigenvalue weighted by Crippen LogP contribution is -2.63. The molecule has 2 heterocycles. The second kappa shape index (κ2) is 11.0. The Kier molecular flexibility index (Phi) is 7.86. The van der Waals surface area contributed by atoms with Gasteiger partial charge < -0.3 is 15.5 Å². The minimum absolute atomic E-state index is 0.00279. The Labute approximate surface area is 209 Å². The minimum atomic E-state index is -0.136. The average molecular weight is 524 g/mol. The highest BCUT2D eigenvalue weighted by molar-refractivity contribution is 9.09. The van der Waals surface area contributed by atoms with Crippen molar-refractivity contribution in [2.75, 3.05) is 18.0 Å². The van der Waals surface area contributed by atoms with E-state index in [1.807, 2.05) is 43.3 Å². The number of hydrogen-bond acceptors (Lipinski definition) is 5. The van der Waals surface area contributed by atoms with Crippen molar-refractivity contribution in [3.63, 3.8) is 0 Å². The van der Waals surface area contributed by atoms with Crippen LogP contribution >= 0.6 is 15.9 Å². The number of carbonyl (C=O) groups excluding carboxylic acids is 2. The molecule has 8 heteroatoms. The smallest absolute Gasteiger partial charge is 0.251 e. The van der Waals surface area contributed by atoms with Crippen molar-refractivity contribution in [1.82, 2.24) is 20.9 Å². The standard InChI is InChI=1S/C26H30BrN5O2/c1-3-11-32(16-20-12-22-24(13-23(20)27)30-17(2)31-26(22)34)21-8-6-19(7-9-21)25(33)29-15-18-5-4-10-28-14-18/h1,4-10,14,17,20,22-24,30H,11-13,15-16H2,2H3,(H,29,33)(H,31,34). The molecule has 1 saturated heterocycles. The van der Waals surface area contributed by atoms with E-state index in [-0.39, 0.29) is 40.7 Å². The fraction of sp³-hybridized carbons (Fsp3) is 0.423. The molecule has 5 atom stereocenters. The number of hydrogen-bond donors (Lipinski definition) is 3. The van der Waals surface area contributed by atoms with Crippen LogP contribution in [0.1, 0.15) is 35.7 Å². The van der Waals surface area contributed by atoms with Crippen LogP contribution < -0.4 is 20.9 Å². The number of pyridine rings is 1. The molecule has 2 amide bonds. The van der Waals surface area contributed by atoms with Crippen LogP contribution in [-0.2, 0) is 11.3 Å². The van der Waals surface area contributed by atoms with Gasteiger partial charge in [-0.25, -0.2) is 0 Å². The Balaban J connectivity index is 1.39. The number of nitrogens with zero attached hydrogens (tertiary/aromatic N) is 2. The Morgan fingerprint density at radius 1 is 1.29 bits per heavy atom. The van der Waals surface area contributed by atoms with Crippen LogP contribution in [0.3, 0.4) is 0 Å². The average Bonchev–Trinajstić information content (AvgIpc) is 2.83. The number of fused-ring (bicyclic) bond motifs is 1. The van der Waals surface area contributed by atoms with Crippen LogP contribution in [0.5, 0.6) is 0 Å². The third-order valence-electron chi connectivity index (χ3n) is 6.60. The third kappa shape index (κ3) is 5.78. The van der Waals surface area contributed by atoms with Gasteiger partial charge in [0.25, 0.3) is 5.91 Å². The molecular weight excluding hydrogens is 494 g/mol. The summed E-state index contributed by atoms with van der Waals surface area (Å²) >= 11 is 3.87. The fourth-order valence-electron chi connectivity index (χ4n) is 4.85. The summed E-state index contributed by atoms with van der Waals surface area (Å²) in [6.07, 6.45) is 10.8. The Morgan fingerprint density at radius 2 is 2.09 bits per heavy atom. The quantitative estimate of drug-likeness (QED) is 0.383. The van der Waals surface area contributed by atoms with Crippen molar-refractivity contribution in [3.05, 3.63) is 59.9 Å². The predicted octanol–water partition coefficient (Wildman–Crippen LogP) is 2.67. The summed E-state index contributed by atoms with van der Waals surface area (Å²) in [5, 5.41) is 9.43. The maximum absolute atomic E-state index is 12.6. The van der Waals surface area contributed by atoms with E-state index in [0.717, 1.165) is 30.6 Å². The first-order valence-corrected chi connectivity index (χ1v) is 12.5. The number of anilines is 1. The van der Waals surface area contributed by atoms with Gasteiger partial charge in [-0.2, -0.15) is 0 Å². The first kappa shape index (κ1) is 24.2. The van der Waals surface area contributed by atoms with E-state index in [9.17, 15) is 9.59 Å². The first-order chi connectivity index (χ1) is 16.4. The van der Waals surface area contributed by atoms with Gasteiger partial charge in [0.05, 0.1) is 18.6 Å². The lowest BCUT2D eigenvalue weighted by molar-refractivity contribution is -0.131. The van der Waals surface area contributed by atoms with Crippen LogP contribution in [-0.4, -0.2) is 46.9 Å². The van der Waals surface area contributed by atoms with Crippen molar-refractivity contribution in [1.29, 1.82) is 0 Å². The molecular formula is C26H30BrN5O2. The summed E-state index contributed by atoms with van der Waals surface area (Å²) in [5.74, 6) is 2.99. The van der Waals surface area contributed by atoms with Gasteiger partial charge >= 0.3 is 0 Å². The van der Waals surface area contributed by atoms with Gasteiger partial charge in [-0.1, -0.05) is 27.9 Å². The van der Waals surface area contributed by atoms with Crippen LogP contribution in [0.25, 0.3) is 0 Å². The monoisotopic (exact) mass is 523 g/mol. The molecule has 0 spiro atoms. The highest BCUT2D eigenvalue weighted by Gasteiger charge is 2.43. The number of amides is 2. The van der Waals surface area contributed by atoms with Crippen molar-refractivity contribution in [2.24, 2.45) is 11.8 Å². The molecule has 1 aliphatic carbocycles. The zero-order valence-electron chi connectivity index (χ0n) is 19.2. The summed E-state index contributed by atoms with van der Waals surface area (Å²) in [6.45, 7) is 3.59. The number of carbonyl (C=O) groups is 2. The molecule has 5 unspecified atom stereocenters. The van der Waals surface area contributed by atoms with E-state index >= 15 is 0 Å². The van der Waals surface area contributed by atoms with Gasteiger partial charge in [-0.15, -0.1) is 6.42 Å². The van der Waals surface area contributed by atoms with E-state index in [2.05, 4.69) is 47.7 Å². The first-order valence-electron chi connectivity index (χ1n) is 11.6. The summed E-state index contributed by atoms with van der Waals surface area (Å²) in [4.78, 5) is 31.6. The topological polar surface area (TPSA) is 86.4 Å². The maximum Gasteiger partial charge on any atom is 0.251 e. The van der Waals surface area contributed by atoms with Crippen LogP contribution in [0.2, 0.25) is 0 Å². The third-order valence-corrected chi connectivity index (χ3v) is 7.72. The Hall–Kier alpha value is -2.89. The molecule has 1 saturated carbocycles. The van der Waals surface area contributed by atoms with Gasteiger partial charge in [0, 0.05) is 47.6 Å². The molecule has 2 aliphatic rings.